The third-order valence-corrected chi connectivity index (χ3v) is 3.93. The molecule has 1 aliphatic rings. The summed E-state index contributed by atoms with van der Waals surface area (Å²) in [5, 5.41) is 23.8. The van der Waals surface area contributed by atoms with E-state index in [2.05, 4.69) is 17.2 Å². The maximum atomic E-state index is 11.0. The van der Waals surface area contributed by atoms with Crippen LogP contribution in [0.3, 0.4) is 0 Å². The maximum Gasteiger partial charge on any atom is 0.310 e. The number of hydrogen-bond donors (Lipinski definition) is 2. The van der Waals surface area contributed by atoms with Crippen molar-refractivity contribution in [3.8, 4) is 0 Å². The first kappa shape index (κ1) is 13.7. The smallest absolute Gasteiger partial charge is 0.310 e. The molecule has 1 aromatic rings. The van der Waals surface area contributed by atoms with Gasteiger partial charge in [0, 0.05) is 6.20 Å². The van der Waals surface area contributed by atoms with Crippen LogP contribution in [-0.2, 0) is 0 Å². The molecular formula is C13H19N3O3. The molecule has 1 aromatic heterocycles. The van der Waals surface area contributed by atoms with Crippen LogP contribution in [0.15, 0.2) is 18.5 Å². The van der Waals surface area contributed by atoms with Crippen LogP contribution in [0.2, 0.25) is 0 Å². The number of aliphatic hydroxyl groups excluding tert-OH is 1. The molecule has 1 saturated carbocycles. The molecule has 104 valence electrons. The molecule has 1 heterocycles. The number of anilines is 1. The topological polar surface area (TPSA) is 88.3 Å². The zero-order valence-electron chi connectivity index (χ0n) is 11.0. The molecule has 0 aliphatic heterocycles. The SMILES string of the molecule is CC1CCC(CO)(Nc2ccncc2[N+](=O)[O-])CC1. The minimum absolute atomic E-state index is 0.0147. The van der Waals surface area contributed by atoms with Gasteiger partial charge in [-0.05, 0) is 37.7 Å². The van der Waals surface area contributed by atoms with E-state index in [1.54, 1.807) is 6.07 Å². The molecule has 2 rings (SSSR count). The van der Waals surface area contributed by atoms with Gasteiger partial charge < -0.3 is 10.4 Å². The Labute approximate surface area is 112 Å². The highest BCUT2D eigenvalue weighted by atomic mass is 16.6. The summed E-state index contributed by atoms with van der Waals surface area (Å²) in [6.45, 7) is 2.18. The number of rotatable bonds is 4. The first-order chi connectivity index (χ1) is 9.06. The van der Waals surface area contributed by atoms with Crippen molar-refractivity contribution < 1.29 is 10.0 Å². The molecule has 2 N–H and O–H groups in total. The van der Waals surface area contributed by atoms with Gasteiger partial charge in [0.25, 0.3) is 0 Å². The number of pyridine rings is 1. The first-order valence-corrected chi connectivity index (χ1v) is 6.54. The summed E-state index contributed by atoms with van der Waals surface area (Å²) < 4.78 is 0. The Morgan fingerprint density at radius 3 is 2.84 bits per heavy atom. The monoisotopic (exact) mass is 265 g/mol. The second-order valence-corrected chi connectivity index (χ2v) is 5.40. The highest BCUT2D eigenvalue weighted by Gasteiger charge is 2.35. The van der Waals surface area contributed by atoms with Gasteiger partial charge in [-0.3, -0.25) is 15.1 Å². The summed E-state index contributed by atoms with van der Waals surface area (Å²) in [6, 6.07) is 1.59. The van der Waals surface area contributed by atoms with Crippen LogP contribution < -0.4 is 5.32 Å². The van der Waals surface area contributed by atoms with E-state index in [0.717, 1.165) is 25.7 Å². The Balaban J connectivity index is 2.21. The van der Waals surface area contributed by atoms with Gasteiger partial charge in [-0.2, -0.15) is 0 Å². The minimum atomic E-state index is -0.453. The Bertz CT molecular complexity index is 456. The lowest BCUT2D eigenvalue weighted by atomic mass is 9.77. The third kappa shape index (κ3) is 3.01. The first-order valence-electron chi connectivity index (χ1n) is 6.54. The average Bonchev–Trinajstić information content (AvgIpc) is 2.42. The molecule has 0 amide bonds. The number of aromatic nitrogens is 1. The zero-order valence-corrected chi connectivity index (χ0v) is 11.0. The van der Waals surface area contributed by atoms with Gasteiger partial charge in [0.05, 0.1) is 17.1 Å². The Hall–Kier alpha value is -1.69. The summed E-state index contributed by atoms with van der Waals surface area (Å²) in [5.41, 5.74) is -0.0592. The molecule has 0 spiro atoms. The lowest BCUT2D eigenvalue weighted by Crippen LogP contribution is -2.45. The van der Waals surface area contributed by atoms with Crippen LogP contribution in [0.4, 0.5) is 11.4 Å². The van der Waals surface area contributed by atoms with Gasteiger partial charge in [-0.15, -0.1) is 0 Å². The fourth-order valence-corrected chi connectivity index (χ4v) is 2.56. The molecule has 1 fully saturated rings. The van der Waals surface area contributed by atoms with E-state index < -0.39 is 10.5 Å². The summed E-state index contributed by atoms with van der Waals surface area (Å²) in [7, 11) is 0. The van der Waals surface area contributed by atoms with Crippen molar-refractivity contribution in [3.63, 3.8) is 0 Å². The molecule has 0 atom stereocenters. The fraction of sp³-hybridized carbons (Fsp3) is 0.615. The third-order valence-electron chi connectivity index (χ3n) is 3.93. The lowest BCUT2D eigenvalue weighted by molar-refractivity contribution is -0.384. The van der Waals surface area contributed by atoms with Crippen LogP contribution >= 0.6 is 0 Å². The maximum absolute atomic E-state index is 11.0. The second kappa shape index (κ2) is 5.52. The largest absolute Gasteiger partial charge is 0.394 e. The molecule has 0 bridgehead atoms. The van der Waals surface area contributed by atoms with Crippen LogP contribution in [0.5, 0.6) is 0 Å². The summed E-state index contributed by atoms with van der Waals surface area (Å²) in [5.74, 6) is 0.647. The molecule has 0 unspecified atom stereocenters. The van der Waals surface area contributed by atoms with Crippen LogP contribution in [-0.4, -0.2) is 27.2 Å². The fourth-order valence-electron chi connectivity index (χ4n) is 2.56. The van der Waals surface area contributed by atoms with Crippen LogP contribution in [0, 0.1) is 16.0 Å². The molecule has 1 aliphatic carbocycles. The molecule has 6 nitrogen and oxygen atoms in total. The van der Waals surface area contributed by atoms with Crippen molar-refractivity contribution in [2.45, 2.75) is 38.1 Å². The van der Waals surface area contributed by atoms with Crippen molar-refractivity contribution in [2.75, 3.05) is 11.9 Å². The average molecular weight is 265 g/mol. The zero-order chi connectivity index (χ0) is 13.9. The van der Waals surface area contributed by atoms with Crippen molar-refractivity contribution in [1.29, 1.82) is 0 Å². The Kier molecular flexibility index (Phi) is 3.99. The van der Waals surface area contributed by atoms with Crippen LogP contribution in [0.1, 0.15) is 32.6 Å². The van der Waals surface area contributed by atoms with Crippen molar-refractivity contribution in [1.82, 2.24) is 4.98 Å². The molecule has 6 heteroatoms. The minimum Gasteiger partial charge on any atom is -0.394 e. The van der Waals surface area contributed by atoms with E-state index in [-0.39, 0.29) is 12.3 Å². The summed E-state index contributed by atoms with van der Waals surface area (Å²) in [4.78, 5) is 14.3. The van der Waals surface area contributed by atoms with E-state index in [4.69, 9.17) is 0 Å². The number of nitro groups is 1. The number of nitrogens with zero attached hydrogens (tertiary/aromatic N) is 2. The number of nitrogens with one attached hydrogen (secondary N) is 1. The summed E-state index contributed by atoms with van der Waals surface area (Å²) in [6.07, 6.45) is 6.44. The Morgan fingerprint density at radius 2 is 2.26 bits per heavy atom. The van der Waals surface area contributed by atoms with Crippen LogP contribution in [0.25, 0.3) is 0 Å². The van der Waals surface area contributed by atoms with Gasteiger partial charge in [-0.25, -0.2) is 0 Å². The molecule has 0 radical (unpaired) electrons. The highest BCUT2D eigenvalue weighted by molar-refractivity contribution is 5.61. The quantitative estimate of drug-likeness (QED) is 0.644. The van der Waals surface area contributed by atoms with Crippen molar-refractivity contribution in [3.05, 3.63) is 28.6 Å². The van der Waals surface area contributed by atoms with Gasteiger partial charge in [0.15, 0.2) is 0 Å². The molecular weight excluding hydrogens is 246 g/mol. The number of hydrogen-bond acceptors (Lipinski definition) is 5. The summed E-state index contributed by atoms with van der Waals surface area (Å²) >= 11 is 0. The second-order valence-electron chi connectivity index (χ2n) is 5.40. The van der Waals surface area contributed by atoms with E-state index >= 15 is 0 Å². The number of aliphatic hydroxyl groups is 1. The molecule has 0 saturated heterocycles. The molecule has 19 heavy (non-hydrogen) atoms. The van der Waals surface area contributed by atoms with Crippen molar-refractivity contribution >= 4 is 11.4 Å². The lowest BCUT2D eigenvalue weighted by Gasteiger charge is -2.39. The predicted octanol–water partition coefficient (Wildman–Crippen LogP) is 2.34. The van der Waals surface area contributed by atoms with Gasteiger partial charge >= 0.3 is 5.69 Å². The van der Waals surface area contributed by atoms with Crippen molar-refractivity contribution in [2.24, 2.45) is 5.92 Å². The van der Waals surface area contributed by atoms with E-state index in [1.165, 1.54) is 12.4 Å². The van der Waals surface area contributed by atoms with E-state index in [0.29, 0.717) is 11.6 Å². The highest BCUT2D eigenvalue weighted by Crippen LogP contribution is 2.36. The van der Waals surface area contributed by atoms with Gasteiger partial charge in [-0.1, -0.05) is 6.92 Å². The van der Waals surface area contributed by atoms with E-state index in [1.807, 2.05) is 0 Å². The standard InChI is InChI=1S/C13H19N3O3/c1-10-2-5-13(9-17,6-3-10)15-11-4-7-14-8-12(11)16(18)19/h4,7-8,10,17H,2-3,5-6,9H2,1H3,(H,14,15). The molecule has 0 aromatic carbocycles. The predicted molar refractivity (Wildman–Crippen MR) is 72.0 cm³/mol. The van der Waals surface area contributed by atoms with E-state index in [9.17, 15) is 15.2 Å². The van der Waals surface area contributed by atoms with Gasteiger partial charge in [0.1, 0.15) is 11.9 Å². The Morgan fingerprint density at radius 1 is 1.58 bits per heavy atom. The normalized spacial score (nSPS) is 26.9. The van der Waals surface area contributed by atoms with Gasteiger partial charge in [0.2, 0.25) is 0 Å².